The first-order chi connectivity index (χ1) is 8.93. The predicted molar refractivity (Wildman–Crippen MR) is 82.2 cm³/mol. The molecule has 19 heavy (non-hydrogen) atoms. The largest absolute Gasteiger partial charge is 0.348 e. The second kappa shape index (κ2) is 7.56. The van der Waals surface area contributed by atoms with E-state index in [0.717, 1.165) is 5.56 Å². The Bertz CT molecular complexity index is 403. The quantitative estimate of drug-likeness (QED) is 0.788. The van der Waals surface area contributed by atoms with Crippen molar-refractivity contribution >= 4 is 17.7 Å². The van der Waals surface area contributed by atoms with Crippen molar-refractivity contribution in [1.82, 2.24) is 5.32 Å². The fourth-order valence-electron chi connectivity index (χ4n) is 1.91. The van der Waals surface area contributed by atoms with E-state index >= 15 is 0 Å². The molecule has 0 aliphatic heterocycles. The molecule has 1 aromatic carbocycles. The van der Waals surface area contributed by atoms with Crippen molar-refractivity contribution in [2.75, 3.05) is 6.26 Å². The molecular formula is C15H24N2OS. The fraction of sp³-hybridized carbons (Fsp3) is 0.533. The standard InChI is InChI=1S/C15H24N2OS/c1-10(2)9-14(16)15(18)17-11(3)12-5-7-13(19-4)8-6-12/h5-8,10-11,14H,9,16H2,1-4H3,(H,17,18). The van der Waals surface area contributed by atoms with Gasteiger partial charge >= 0.3 is 0 Å². The molecule has 106 valence electrons. The third-order valence-electron chi connectivity index (χ3n) is 3.04. The summed E-state index contributed by atoms with van der Waals surface area (Å²) in [6, 6.07) is 7.79. The van der Waals surface area contributed by atoms with Gasteiger partial charge < -0.3 is 11.1 Å². The van der Waals surface area contributed by atoms with Crippen LogP contribution < -0.4 is 11.1 Å². The summed E-state index contributed by atoms with van der Waals surface area (Å²) >= 11 is 1.71. The summed E-state index contributed by atoms with van der Waals surface area (Å²) in [6.07, 6.45) is 2.76. The van der Waals surface area contributed by atoms with Gasteiger partial charge in [0.15, 0.2) is 0 Å². The van der Waals surface area contributed by atoms with Gasteiger partial charge in [0, 0.05) is 4.90 Å². The lowest BCUT2D eigenvalue weighted by molar-refractivity contribution is -0.123. The van der Waals surface area contributed by atoms with E-state index in [1.165, 1.54) is 4.90 Å². The summed E-state index contributed by atoms with van der Waals surface area (Å²) in [5.41, 5.74) is 6.97. The van der Waals surface area contributed by atoms with E-state index < -0.39 is 6.04 Å². The zero-order valence-electron chi connectivity index (χ0n) is 12.1. The number of nitrogens with two attached hydrogens (primary N) is 1. The fourth-order valence-corrected chi connectivity index (χ4v) is 2.32. The molecule has 4 heteroatoms. The number of thioether (sulfide) groups is 1. The maximum absolute atomic E-state index is 11.9. The van der Waals surface area contributed by atoms with Gasteiger partial charge in [0.1, 0.15) is 0 Å². The van der Waals surface area contributed by atoms with Crippen molar-refractivity contribution in [3.63, 3.8) is 0 Å². The van der Waals surface area contributed by atoms with Crippen molar-refractivity contribution < 1.29 is 4.79 Å². The Kier molecular flexibility index (Phi) is 6.38. The summed E-state index contributed by atoms with van der Waals surface area (Å²) in [7, 11) is 0. The second-order valence-corrected chi connectivity index (χ2v) is 6.12. The molecule has 0 spiro atoms. The van der Waals surface area contributed by atoms with Crippen LogP contribution in [-0.4, -0.2) is 18.2 Å². The van der Waals surface area contributed by atoms with Gasteiger partial charge in [0.25, 0.3) is 0 Å². The van der Waals surface area contributed by atoms with Crippen LogP contribution in [0.2, 0.25) is 0 Å². The Balaban J connectivity index is 2.57. The van der Waals surface area contributed by atoms with Gasteiger partial charge in [-0.1, -0.05) is 26.0 Å². The summed E-state index contributed by atoms with van der Waals surface area (Å²) < 4.78 is 0. The van der Waals surface area contributed by atoms with E-state index in [9.17, 15) is 4.79 Å². The number of nitrogens with one attached hydrogen (secondary N) is 1. The van der Waals surface area contributed by atoms with Gasteiger partial charge in [0.2, 0.25) is 5.91 Å². The Morgan fingerprint density at radius 3 is 2.32 bits per heavy atom. The van der Waals surface area contributed by atoms with Crippen molar-refractivity contribution in [1.29, 1.82) is 0 Å². The topological polar surface area (TPSA) is 55.1 Å². The molecule has 3 N–H and O–H groups in total. The highest BCUT2D eigenvalue weighted by Crippen LogP contribution is 2.19. The highest BCUT2D eigenvalue weighted by Gasteiger charge is 2.17. The first kappa shape index (κ1) is 16.1. The van der Waals surface area contributed by atoms with Crippen molar-refractivity contribution in [2.24, 2.45) is 11.7 Å². The first-order valence-corrected chi connectivity index (χ1v) is 7.86. The van der Waals surface area contributed by atoms with Gasteiger partial charge in [-0.3, -0.25) is 4.79 Å². The molecule has 1 amide bonds. The molecule has 2 atom stereocenters. The number of carbonyl (C=O) groups excluding carboxylic acids is 1. The van der Waals surface area contributed by atoms with Crippen LogP contribution in [0, 0.1) is 5.92 Å². The minimum absolute atomic E-state index is 0.0124. The number of amides is 1. The van der Waals surface area contributed by atoms with E-state index in [1.807, 2.05) is 25.3 Å². The number of benzene rings is 1. The highest BCUT2D eigenvalue weighted by atomic mass is 32.2. The smallest absolute Gasteiger partial charge is 0.237 e. The number of hydrogen-bond donors (Lipinski definition) is 2. The second-order valence-electron chi connectivity index (χ2n) is 5.24. The van der Waals surface area contributed by atoms with Crippen LogP contribution in [0.15, 0.2) is 29.2 Å². The molecule has 0 radical (unpaired) electrons. The predicted octanol–water partition coefficient (Wildman–Crippen LogP) is 2.96. The Hall–Kier alpha value is -1.00. The first-order valence-electron chi connectivity index (χ1n) is 6.64. The average molecular weight is 280 g/mol. The lowest BCUT2D eigenvalue weighted by atomic mass is 10.0. The zero-order chi connectivity index (χ0) is 14.4. The van der Waals surface area contributed by atoms with Crippen LogP contribution in [0.4, 0.5) is 0 Å². The van der Waals surface area contributed by atoms with Gasteiger partial charge in [-0.15, -0.1) is 11.8 Å². The summed E-state index contributed by atoms with van der Waals surface area (Å²) in [4.78, 5) is 13.2. The summed E-state index contributed by atoms with van der Waals surface area (Å²) in [5.74, 6) is 0.354. The molecule has 0 bridgehead atoms. The van der Waals surface area contributed by atoms with Crippen LogP contribution in [0.5, 0.6) is 0 Å². The molecule has 3 nitrogen and oxygen atoms in total. The van der Waals surface area contributed by atoms with Crippen LogP contribution in [0.3, 0.4) is 0 Å². The maximum Gasteiger partial charge on any atom is 0.237 e. The van der Waals surface area contributed by atoms with E-state index in [4.69, 9.17) is 5.73 Å². The van der Waals surface area contributed by atoms with E-state index in [2.05, 4.69) is 31.3 Å². The zero-order valence-corrected chi connectivity index (χ0v) is 13.0. The van der Waals surface area contributed by atoms with Crippen LogP contribution >= 0.6 is 11.8 Å². The molecule has 0 aromatic heterocycles. The van der Waals surface area contributed by atoms with Crippen molar-refractivity contribution in [3.05, 3.63) is 29.8 Å². The van der Waals surface area contributed by atoms with Crippen LogP contribution in [0.1, 0.15) is 38.8 Å². The molecule has 1 aromatic rings. The number of hydrogen-bond acceptors (Lipinski definition) is 3. The number of rotatable bonds is 6. The van der Waals surface area contributed by atoms with Gasteiger partial charge in [0.05, 0.1) is 12.1 Å². The molecule has 1 rings (SSSR count). The normalized spacial score (nSPS) is 14.2. The third kappa shape index (κ3) is 5.25. The number of carbonyl (C=O) groups is 1. The molecule has 0 heterocycles. The monoisotopic (exact) mass is 280 g/mol. The maximum atomic E-state index is 11.9. The average Bonchev–Trinajstić information content (AvgIpc) is 2.37. The van der Waals surface area contributed by atoms with Gasteiger partial charge in [-0.05, 0) is 43.2 Å². The summed E-state index contributed by atoms with van der Waals surface area (Å²) in [5, 5.41) is 2.97. The van der Waals surface area contributed by atoms with E-state index in [0.29, 0.717) is 12.3 Å². The lowest BCUT2D eigenvalue weighted by Crippen LogP contribution is -2.42. The third-order valence-corrected chi connectivity index (χ3v) is 3.78. The van der Waals surface area contributed by atoms with Gasteiger partial charge in [-0.25, -0.2) is 0 Å². The van der Waals surface area contributed by atoms with E-state index in [-0.39, 0.29) is 11.9 Å². The summed E-state index contributed by atoms with van der Waals surface area (Å²) in [6.45, 7) is 6.11. The molecule has 0 fully saturated rings. The highest BCUT2D eigenvalue weighted by molar-refractivity contribution is 7.98. The minimum atomic E-state index is -0.423. The molecule has 0 aliphatic carbocycles. The minimum Gasteiger partial charge on any atom is -0.348 e. The molecular weight excluding hydrogens is 256 g/mol. The lowest BCUT2D eigenvalue weighted by Gasteiger charge is -2.19. The molecule has 0 saturated heterocycles. The SMILES string of the molecule is CSc1ccc(C(C)NC(=O)C(N)CC(C)C)cc1. The van der Waals surface area contributed by atoms with E-state index in [1.54, 1.807) is 11.8 Å². The molecule has 0 saturated carbocycles. The molecule has 0 aliphatic rings. The Labute approximate surface area is 120 Å². The molecule has 2 unspecified atom stereocenters. The Morgan fingerprint density at radius 2 is 1.84 bits per heavy atom. The Morgan fingerprint density at radius 1 is 1.26 bits per heavy atom. The van der Waals surface area contributed by atoms with Crippen molar-refractivity contribution in [3.8, 4) is 0 Å². The van der Waals surface area contributed by atoms with Crippen LogP contribution in [0.25, 0.3) is 0 Å². The van der Waals surface area contributed by atoms with Crippen LogP contribution in [-0.2, 0) is 4.79 Å². The van der Waals surface area contributed by atoms with Gasteiger partial charge in [-0.2, -0.15) is 0 Å². The van der Waals surface area contributed by atoms with Crippen molar-refractivity contribution in [2.45, 2.75) is 44.2 Å².